The Hall–Kier alpha value is -1.22. The third-order valence-electron chi connectivity index (χ3n) is 2.02. The Bertz CT molecular complexity index is 366. The standard InChI is InChI=1S/C12H17ClN2O/c1-3-6-16-12-5-4-10(7-11(12)13)8-15-9(2)14/h4-5,7H,3,6,8H2,1-2H3,(H2,14,15). The van der Waals surface area contributed by atoms with Crippen molar-refractivity contribution in [2.75, 3.05) is 6.61 Å². The summed E-state index contributed by atoms with van der Waals surface area (Å²) in [6, 6.07) is 5.68. The topological polar surface area (TPSA) is 45.1 Å². The van der Waals surface area contributed by atoms with E-state index in [1.807, 2.05) is 18.2 Å². The van der Waals surface area contributed by atoms with Crippen LogP contribution in [0.3, 0.4) is 0 Å². The van der Waals surface area contributed by atoms with Crippen molar-refractivity contribution in [2.24, 2.45) is 0 Å². The molecular formula is C12H17ClN2O. The molecule has 0 amide bonds. The fourth-order valence-corrected chi connectivity index (χ4v) is 1.48. The van der Waals surface area contributed by atoms with Gasteiger partial charge in [0.1, 0.15) is 5.75 Å². The maximum atomic E-state index is 7.26. The van der Waals surface area contributed by atoms with Gasteiger partial charge in [0.25, 0.3) is 0 Å². The molecule has 4 heteroatoms. The maximum Gasteiger partial charge on any atom is 0.137 e. The number of rotatable bonds is 5. The van der Waals surface area contributed by atoms with Gasteiger partial charge in [0.2, 0.25) is 0 Å². The minimum atomic E-state index is 0.447. The van der Waals surface area contributed by atoms with Crippen molar-refractivity contribution < 1.29 is 4.74 Å². The van der Waals surface area contributed by atoms with Crippen molar-refractivity contribution in [1.82, 2.24) is 5.32 Å². The van der Waals surface area contributed by atoms with Crippen LogP contribution in [-0.2, 0) is 6.54 Å². The molecule has 3 nitrogen and oxygen atoms in total. The van der Waals surface area contributed by atoms with E-state index < -0.39 is 0 Å². The van der Waals surface area contributed by atoms with Crippen molar-refractivity contribution in [1.29, 1.82) is 5.41 Å². The minimum Gasteiger partial charge on any atom is -0.492 e. The first-order chi connectivity index (χ1) is 7.63. The van der Waals surface area contributed by atoms with Gasteiger partial charge in [0, 0.05) is 6.54 Å². The molecule has 1 aromatic rings. The Kier molecular flexibility index (Phi) is 5.12. The van der Waals surface area contributed by atoms with E-state index in [0.717, 1.165) is 17.7 Å². The van der Waals surface area contributed by atoms with Gasteiger partial charge in [-0.2, -0.15) is 0 Å². The predicted molar refractivity (Wildman–Crippen MR) is 67.5 cm³/mol. The van der Waals surface area contributed by atoms with Crippen LogP contribution in [0.4, 0.5) is 0 Å². The van der Waals surface area contributed by atoms with Gasteiger partial charge in [-0.05, 0) is 31.0 Å². The molecule has 0 aromatic heterocycles. The number of nitrogens with one attached hydrogen (secondary N) is 2. The average Bonchev–Trinajstić information content (AvgIpc) is 2.25. The minimum absolute atomic E-state index is 0.447. The summed E-state index contributed by atoms with van der Waals surface area (Å²) in [6.07, 6.45) is 0.965. The molecule has 0 spiro atoms. The van der Waals surface area contributed by atoms with E-state index in [4.69, 9.17) is 21.7 Å². The Morgan fingerprint density at radius 1 is 1.50 bits per heavy atom. The van der Waals surface area contributed by atoms with Crippen molar-refractivity contribution in [3.05, 3.63) is 28.8 Å². The normalized spacial score (nSPS) is 9.94. The van der Waals surface area contributed by atoms with E-state index in [1.54, 1.807) is 6.92 Å². The summed E-state index contributed by atoms with van der Waals surface area (Å²) in [5, 5.41) is 10.8. The van der Waals surface area contributed by atoms with E-state index in [0.29, 0.717) is 24.0 Å². The third-order valence-corrected chi connectivity index (χ3v) is 2.31. The predicted octanol–water partition coefficient (Wildman–Crippen LogP) is 3.22. The van der Waals surface area contributed by atoms with Gasteiger partial charge in [-0.25, -0.2) is 0 Å². The average molecular weight is 241 g/mol. The highest BCUT2D eigenvalue weighted by molar-refractivity contribution is 6.32. The molecule has 0 atom stereocenters. The molecule has 1 rings (SSSR count). The Balaban J connectivity index is 2.63. The smallest absolute Gasteiger partial charge is 0.137 e. The highest BCUT2D eigenvalue weighted by Gasteiger charge is 2.02. The number of hydrogen-bond donors (Lipinski definition) is 2. The number of benzene rings is 1. The lowest BCUT2D eigenvalue weighted by atomic mass is 10.2. The van der Waals surface area contributed by atoms with Gasteiger partial charge in [0.15, 0.2) is 0 Å². The number of amidine groups is 1. The zero-order valence-corrected chi connectivity index (χ0v) is 10.4. The second kappa shape index (κ2) is 6.38. The van der Waals surface area contributed by atoms with E-state index in [2.05, 4.69) is 12.2 Å². The van der Waals surface area contributed by atoms with Crippen molar-refractivity contribution >= 4 is 17.4 Å². The van der Waals surface area contributed by atoms with Crippen molar-refractivity contribution in [3.63, 3.8) is 0 Å². The van der Waals surface area contributed by atoms with Crippen LogP contribution in [0, 0.1) is 5.41 Å². The Morgan fingerprint density at radius 3 is 2.81 bits per heavy atom. The molecule has 0 saturated carbocycles. The van der Waals surface area contributed by atoms with Gasteiger partial charge in [-0.3, -0.25) is 5.41 Å². The van der Waals surface area contributed by atoms with E-state index in [9.17, 15) is 0 Å². The summed E-state index contributed by atoms with van der Waals surface area (Å²) >= 11 is 6.07. The zero-order valence-electron chi connectivity index (χ0n) is 9.64. The fourth-order valence-electron chi connectivity index (χ4n) is 1.22. The van der Waals surface area contributed by atoms with Crippen LogP contribution >= 0.6 is 11.6 Å². The molecule has 0 radical (unpaired) electrons. The molecule has 1 aromatic carbocycles. The van der Waals surface area contributed by atoms with E-state index >= 15 is 0 Å². The second-order valence-corrected chi connectivity index (χ2v) is 4.00. The molecule has 0 aliphatic carbocycles. The van der Waals surface area contributed by atoms with Gasteiger partial charge in [0.05, 0.1) is 17.5 Å². The first-order valence-corrected chi connectivity index (χ1v) is 5.71. The molecule has 88 valence electrons. The molecule has 16 heavy (non-hydrogen) atoms. The molecule has 0 aliphatic rings. The summed E-state index contributed by atoms with van der Waals surface area (Å²) in [6.45, 7) is 5.05. The molecule has 0 unspecified atom stereocenters. The Labute approximate surface area is 101 Å². The lowest BCUT2D eigenvalue weighted by Gasteiger charge is -2.09. The highest BCUT2D eigenvalue weighted by Crippen LogP contribution is 2.25. The number of ether oxygens (including phenoxy) is 1. The van der Waals surface area contributed by atoms with Gasteiger partial charge in [-0.1, -0.05) is 24.6 Å². The largest absolute Gasteiger partial charge is 0.492 e. The molecule has 0 saturated heterocycles. The highest BCUT2D eigenvalue weighted by atomic mass is 35.5. The molecule has 2 N–H and O–H groups in total. The summed E-state index contributed by atoms with van der Waals surface area (Å²) in [4.78, 5) is 0. The number of halogens is 1. The summed E-state index contributed by atoms with van der Waals surface area (Å²) in [7, 11) is 0. The van der Waals surface area contributed by atoms with Crippen LogP contribution < -0.4 is 10.1 Å². The van der Waals surface area contributed by atoms with E-state index in [-0.39, 0.29) is 0 Å². The van der Waals surface area contributed by atoms with Gasteiger partial charge >= 0.3 is 0 Å². The van der Waals surface area contributed by atoms with E-state index in [1.165, 1.54) is 0 Å². The summed E-state index contributed by atoms with van der Waals surface area (Å²) in [5.41, 5.74) is 1.04. The zero-order chi connectivity index (χ0) is 12.0. The Morgan fingerprint density at radius 2 is 2.25 bits per heavy atom. The SMILES string of the molecule is CCCOc1ccc(CNC(C)=N)cc1Cl. The van der Waals surface area contributed by atoms with Crippen LogP contribution in [0.2, 0.25) is 5.02 Å². The van der Waals surface area contributed by atoms with Crippen LogP contribution in [0.1, 0.15) is 25.8 Å². The summed E-state index contributed by atoms with van der Waals surface area (Å²) in [5.74, 6) is 1.17. The van der Waals surface area contributed by atoms with Gasteiger partial charge < -0.3 is 10.1 Å². The molecule has 0 heterocycles. The molecule has 0 aliphatic heterocycles. The van der Waals surface area contributed by atoms with Crippen LogP contribution in [0.25, 0.3) is 0 Å². The third kappa shape index (κ3) is 4.11. The number of hydrogen-bond acceptors (Lipinski definition) is 2. The fraction of sp³-hybridized carbons (Fsp3) is 0.417. The molecule has 0 bridgehead atoms. The second-order valence-electron chi connectivity index (χ2n) is 3.59. The maximum absolute atomic E-state index is 7.26. The lowest BCUT2D eigenvalue weighted by Crippen LogP contribution is -2.18. The van der Waals surface area contributed by atoms with Crippen LogP contribution in [-0.4, -0.2) is 12.4 Å². The first-order valence-electron chi connectivity index (χ1n) is 5.33. The summed E-state index contributed by atoms with van der Waals surface area (Å²) < 4.78 is 5.47. The first kappa shape index (κ1) is 12.8. The van der Waals surface area contributed by atoms with Crippen molar-refractivity contribution in [2.45, 2.75) is 26.8 Å². The van der Waals surface area contributed by atoms with Crippen LogP contribution in [0.15, 0.2) is 18.2 Å². The molecule has 0 fully saturated rings. The molecular weight excluding hydrogens is 224 g/mol. The monoisotopic (exact) mass is 240 g/mol. The quantitative estimate of drug-likeness (QED) is 0.613. The lowest BCUT2D eigenvalue weighted by molar-refractivity contribution is 0.317. The van der Waals surface area contributed by atoms with Crippen molar-refractivity contribution in [3.8, 4) is 5.75 Å². The van der Waals surface area contributed by atoms with Crippen LogP contribution in [0.5, 0.6) is 5.75 Å². The van der Waals surface area contributed by atoms with Gasteiger partial charge in [-0.15, -0.1) is 0 Å².